The molecular formula is C21H24F3N5O2. The molecular weight excluding hydrogens is 411 g/mol. The van der Waals surface area contributed by atoms with Crippen molar-refractivity contribution in [2.24, 2.45) is 0 Å². The molecule has 0 aliphatic carbocycles. The molecule has 31 heavy (non-hydrogen) atoms. The van der Waals surface area contributed by atoms with Crippen LogP contribution in [0.4, 0.5) is 19.1 Å². The van der Waals surface area contributed by atoms with Crippen LogP contribution in [0.25, 0.3) is 11.1 Å². The molecule has 2 aromatic rings. The van der Waals surface area contributed by atoms with E-state index in [1.54, 1.807) is 4.90 Å². The first-order valence-corrected chi connectivity index (χ1v) is 10.2. The first kappa shape index (κ1) is 21.5. The summed E-state index contributed by atoms with van der Waals surface area (Å²) in [5, 5.41) is 0. The Labute approximate surface area is 178 Å². The van der Waals surface area contributed by atoms with Gasteiger partial charge < -0.3 is 15.4 Å². The molecule has 4 rings (SSSR count). The summed E-state index contributed by atoms with van der Waals surface area (Å²) in [5.41, 5.74) is 6.81. The molecule has 166 valence electrons. The van der Waals surface area contributed by atoms with Crippen molar-refractivity contribution < 1.29 is 22.7 Å². The number of halogens is 3. The lowest BCUT2D eigenvalue weighted by atomic mass is 9.98. The van der Waals surface area contributed by atoms with Gasteiger partial charge in [-0.25, -0.2) is 9.97 Å². The number of amides is 1. The molecule has 0 bridgehead atoms. The van der Waals surface area contributed by atoms with Crippen molar-refractivity contribution in [3.05, 3.63) is 41.7 Å². The van der Waals surface area contributed by atoms with Crippen LogP contribution < -0.4 is 5.73 Å². The number of anilines is 1. The van der Waals surface area contributed by atoms with Gasteiger partial charge in [-0.15, -0.1) is 0 Å². The number of ether oxygens (including phenoxy) is 1. The molecule has 3 heterocycles. The maximum Gasteiger partial charge on any atom is 0.416 e. The number of aromatic nitrogens is 2. The standard InChI is InChI=1S/C21H24F3N5O2/c22-21(23,24)15-5-3-14(4-6-15)16-12-26-20(25)27-19(16)17-2-1-7-29(17)18(30)13-28-8-10-31-11-9-28/h3-6,12,17H,1-2,7-11,13H2,(H2,25,26,27)/t17-/m1/s1. The molecule has 7 nitrogen and oxygen atoms in total. The van der Waals surface area contributed by atoms with Crippen molar-refractivity contribution in [2.75, 3.05) is 45.1 Å². The predicted octanol–water partition coefficient (Wildman–Crippen LogP) is 2.74. The average Bonchev–Trinajstić information content (AvgIpc) is 3.24. The van der Waals surface area contributed by atoms with Crippen molar-refractivity contribution in [3.8, 4) is 11.1 Å². The second-order valence-electron chi connectivity index (χ2n) is 7.74. The van der Waals surface area contributed by atoms with E-state index in [4.69, 9.17) is 10.5 Å². The maximum atomic E-state index is 13.0. The van der Waals surface area contributed by atoms with Gasteiger partial charge in [-0.2, -0.15) is 13.2 Å². The Morgan fingerprint density at radius 2 is 1.87 bits per heavy atom. The first-order chi connectivity index (χ1) is 14.8. The fourth-order valence-corrected chi connectivity index (χ4v) is 4.12. The van der Waals surface area contributed by atoms with Crippen LogP contribution in [0.15, 0.2) is 30.5 Å². The van der Waals surface area contributed by atoms with Crippen molar-refractivity contribution in [1.29, 1.82) is 0 Å². The third-order valence-corrected chi connectivity index (χ3v) is 5.71. The number of alkyl halides is 3. The highest BCUT2D eigenvalue weighted by Crippen LogP contribution is 2.38. The number of morpholine rings is 1. The van der Waals surface area contributed by atoms with Crippen molar-refractivity contribution >= 4 is 11.9 Å². The highest BCUT2D eigenvalue weighted by molar-refractivity contribution is 5.79. The normalized spacial score (nSPS) is 20.2. The third kappa shape index (κ3) is 4.80. The Morgan fingerprint density at radius 3 is 2.55 bits per heavy atom. The van der Waals surface area contributed by atoms with E-state index in [2.05, 4.69) is 14.9 Å². The van der Waals surface area contributed by atoms with Crippen molar-refractivity contribution in [2.45, 2.75) is 25.1 Å². The minimum absolute atomic E-state index is 0.0000435. The molecule has 2 aliphatic heterocycles. The van der Waals surface area contributed by atoms with Crippen LogP contribution in [0, 0.1) is 0 Å². The number of carbonyl (C=O) groups excluding carboxylic acids is 1. The van der Waals surface area contributed by atoms with Crippen LogP contribution in [0.1, 0.15) is 30.1 Å². The summed E-state index contributed by atoms with van der Waals surface area (Å²) in [6.07, 6.45) is -1.37. The minimum atomic E-state index is -4.41. The molecule has 0 radical (unpaired) electrons. The minimum Gasteiger partial charge on any atom is -0.379 e. The summed E-state index contributed by atoms with van der Waals surface area (Å²) < 4.78 is 44.1. The topological polar surface area (TPSA) is 84.6 Å². The third-order valence-electron chi connectivity index (χ3n) is 5.71. The molecule has 10 heteroatoms. The number of nitrogens with zero attached hydrogens (tertiary/aromatic N) is 4. The largest absolute Gasteiger partial charge is 0.416 e. The summed E-state index contributed by atoms with van der Waals surface area (Å²) in [6, 6.07) is 4.57. The molecule has 2 aliphatic rings. The van der Waals surface area contributed by atoms with Crippen molar-refractivity contribution in [3.63, 3.8) is 0 Å². The van der Waals surface area contributed by atoms with E-state index in [1.807, 2.05) is 0 Å². The van der Waals surface area contributed by atoms with Crippen LogP contribution in [0.3, 0.4) is 0 Å². The molecule has 1 aromatic carbocycles. The van der Waals surface area contributed by atoms with Gasteiger partial charge >= 0.3 is 6.18 Å². The maximum absolute atomic E-state index is 13.0. The quantitative estimate of drug-likeness (QED) is 0.795. The number of nitrogen functional groups attached to an aromatic ring is 1. The number of carbonyl (C=O) groups is 1. The van der Waals surface area contributed by atoms with Gasteiger partial charge in [-0.1, -0.05) is 12.1 Å². The molecule has 0 spiro atoms. The molecule has 0 unspecified atom stereocenters. The zero-order valence-electron chi connectivity index (χ0n) is 16.9. The number of benzene rings is 1. The molecule has 2 saturated heterocycles. The van der Waals surface area contributed by atoms with E-state index < -0.39 is 11.7 Å². The van der Waals surface area contributed by atoms with E-state index in [9.17, 15) is 18.0 Å². The monoisotopic (exact) mass is 435 g/mol. The van der Waals surface area contributed by atoms with E-state index in [0.717, 1.165) is 18.6 Å². The zero-order chi connectivity index (χ0) is 22.0. The molecule has 1 amide bonds. The highest BCUT2D eigenvalue weighted by Gasteiger charge is 2.34. The molecule has 1 atom stereocenters. The summed E-state index contributed by atoms with van der Waals surface area (Å²) in [7, 11) is 0. The summed E-state index contributed by atoms with van der Waals surface area (Å²) in [4.78, 5) is 25.3. The number of likely N-dealkylation sites (tertiary alicyclic amines) is 1. The van der Waals surface area contributed by atoms with E-state index in [0.29, 0.717) is 62.6 Å². The predicted molar refractivity (Wildman–Crippen MR) is 108 cm³/mol. The van der Waals surface area contributed by atoms with Gasteiger partial charge in [0.2, 0.25) is 11.9 Å². The highest BCUT2D eigenvalue weighted by atomic mass is 19.4. The smallest absolute Gasteiger partial charge is 0.379 e. The lowest BCUT2D eigenvalue weighted by molar-refractivity contribution is -0.137. The van der Waals surface area contributed by atoms with Crippen LogP contribution in [0.5, 0.6) is 0 Å². The van der Waals surface area contributed by atoms with Crippen LogP contribution in [0.2, 0.25) is 0 Å². The number of hydrogen-bond donors (Lipinski definition) is 1. The second-order valence-corrected chi connectivity index (χ2v) is 7.74. The Bertz CT molecular complexity index is 930. The van der Waals surface area contributed by atoms with Crippen molar-refractivity contribution in [1.82, 2.24) is 19.8 Å². The van der Waals surface area contributed by atoms with Gasteiger partial charge in [-0.3, -0.25) is 9.69 Å². The van der Waals surface area contributed by atoms with Crippen LogP contribution in [-0.2, 0) is 15.7 Å². The van der Waals surface area contributed by atoms with Gasteiger partial charge in [0.1, 0.15) is 0 Å². The average molecular weight is 435 g/mol. The number of rotatable bonds is 4. The van der Waals surface area contributed by atoms with Gasteiger partial charge in [0.25, 0.3) is 0 Å². The van der Waals surface area contributed by atoms with E-state index in [-0.39, 0.29) is 17.9 Å². The van der Waals surface area contributed by atoms with Crippen LogP contribution in [-0.4, -0.2) is 65.1 Å². The first-order valence-electron chi connectivity index (χ1n) is 10.2. The molecule has 1 aromatic heterocycles. The SMILES string of the molecule is Nc1ncc(-c2ccc(C(F)(F)F)cc2)c([C@H]2CCCN2C(=O)CN2CCOCC2)n1. The van der Waals surface area contributed by atoms with Gasteiger partial charge in [0.05, 0.1) is 37.1 Å². The van der Waals surface area contributed by atoms with Crippen LogP contribution >= 0.6 is 0 Å². The molecule has 2 N–H and O–H groups in total. The summed E-state index contributed by atoms with van der Waals surface area (Å²) >= 11 is 0. The Balaban J connectivity index is 1.61. The molecule has 2 fully saturated rings. The Hall–Kier alpha value is -2.72. The summed E-state index contributed by atoms with van der Waals surface area (Å²) in [5.74, 6) is 0.0677. The fourth-order valence-electron chi connectivity index (χ4n) is 4.12. The Kier molecular flexibility index (Phi) is 6.10. The number of hydrogen-bond acceptors (Lipinski definition) is 6. The van der Waals surface area contributed by atoms with E-state index >= 15 is 0 Å². The van der Waals surface area contributed by atoms with Gasteiger partial charge in [0, 0.05) is 31.4 Å². The van der Waals surface area contributed by atoms with Gasteiger partial charge in [0.15, 0.2) is 0 Å². The lowest BCUT2D eigenvalue weighted by Gasteiger charge is -2.31. The van der Waals surface area contributed by atoms with Gasteiger partial charge in [-0.05, 0) is 30.5 Å². The zero-order valence-corrected chi connectivity index (χ0v) is 16.9. The number of nitrogens with two attached hydrogens (primary N) is 1. The lowest BCUT2D eigenvalue weighted by Crippen LogP contribution is -2.44. The second kappa shape index (κ2) is 8.80. The molecule has 0 saturated carbocycles. The van der Waals surface area contributed by atoms with E-state index in [1.165, 1.54) is 18.3 Å². The fraction of sp³-hybridized carbons (Fsp3) is 0.476. The summed E-state index contributed by atoms with van der Waals surface area (Å²) in [6.45, 7) is 3.54. The Morgan fingerprint density at radius 1 is 1.16 bits per heavy atom.